The lowest BCUT2D eigenvalue weighted by atomic mass is 10.1. The number of carbonyl (C=O) groups excluding carboxylic acids is 1. The Labute approximate surface area is 176 Å². The number of pyridine rings is 1. The second-order valence-corrected chi connectivity index (χ2v) is 6.93. The number of carbonyl (C=O) groups is 1. The van der Waals surface area contributed by atoms with E-state index in [0.717, 1.165) is 35.2 Å². The van der Waals surface area contributed by atoms with Crippen molar-refractivity contribution in [1.82, 2.24) is 10.3 Å². The van der Waals surface area contributed by atoms with Crippen LogP contribution in [0.1, 0.15) is 19.8 Å². The number of rotatable bonds is 9. The largest absolute Gasteiger partial charge is 0.497 e. The van der Waals surface area contributed by atoms with Gasteiger partial charge in [-0.05, 0) is 56.2 Å². The Kier molecular flexibility index (Phi) is 7.32. The molecule has 1 heterocycles. The molecule has 2 aromatic carbocycles. The summed E-state index contributed by atoms with van der Waals surface area (Å²) in [5, 5.41) is 7.30. The smallest absolute Gasteiger partial charge is 0.412 e. The van der Waals surface area contributed by atoms with Gasteiger partial charge in [0.2, 0.25) is 0 Å². The van der Waals surface area contributed by atoms with Gasteiger partial charge in [-0.3, -0.25) is 4.98 Å². The summed E-state index contributed by atoms with van der Waals surface area (Å²) >= 11 is 0. The third-order valence-corrected chi connectivity index (χ3v) is 4.67. The molecule has 1 atom stereocenters. The van der Waals surface area contributed by atoms with Crippen LogP contribution < -0.4 is 24.8 Å². The Bertz CT molecular complexity index is 976. The third-order valence-electron chi connectivity index (χ3n) is 4.67. The Balaban J connectivity index is 1.45. The van der Waals surface area contributed by atoms with Crippen molar-refractivity contribution in [2.45, 2.75) is 25.8 Å². The van der Waals surface area contributed by atoms with Crippen molar-refractivity contribution in [2.24, 2.45) is 0 Å². The van der Waals surface area contributed by atoms with Gasteiger partial charge in [0.25, 0.3) is 0 Å². The quantitative estimate of drug-likeness (QED) is 0.502. The van der Waals surface area contributed by atoms with E-state index in [1.54, 1.807) is 44.7 Å². The fraction of sp³-hybridized carbons (Fsp3) is 0.304. The number of fused-ring (bicyclic) bond motifs is 1. The van der Waals surface area contributed by atoms with E-state index in [9.17, 15) is 4.79 Å². The van der Waals surface area contributed by atoms with Crippen molar-refractivity contribution < 1.29 is 19.0 Å². The van der Waals surface area contributed by atoms with Crippen molar-refractivity contribution in [3.05, 3.63) is 54.7 Å². The first kappa shape index (κ1) is 21.2. The molecule has 0 radical (unpaired) electrons. The molecular weight excluding hydrogens is 382 g/mol. The highest BCUT2D eigenvalue weighted by Crippen LogP contribution is 2.28. The van der Waals surface area contributed by atoms with Gasteiger partial charge in [0, 0.05) is 30.2 Å². The van der Waals surface area contributed by atoms with E-state index < -0.39 is 6.09 Å². The summed E-state index contributed by atoms with van der Waals surface area (Å²) in [6.07, 6.45) is 2.99. The number of nitrogens with one attached hydrogen (secondary N) is 2. The molecule has 0 aliphatic rings. The zero-order valence-corrected chi connectivity index (χ0v) is 17.5. The topological polar surface area (TPSA) is 81.7 Å². The van der Waals surface area contributed by atoms with Crippen molar-refractivity contribution in [1.29, 1.82) is 0 Å². The van der Waals surface area contributed by atoms with Gasteiger partial charge in [0.05, 0.1) is 25.4 Å². The molecule has 0 aliphatic carbocycles. The number of anilines is 1. The predicted molar refractivity (Wildman–Crippen MR) is 118 cm³/mol. The minimum Gasteiger partial charge on any atom is -0.497 e. The van der Waals surface area contributed by atoms with Gasteiger partial charge in [0.1, 0.15) is 17.2 Å². The van der Waals surface area contributed by atoms with Crippen molar-refractivity contribution >= 4 is 22.7 Å². The molecule has 0 fully saturated rings. The first-order chi connectivity index (χ1) is 14.6. The maximum absolute atomic E-state index is 11.9. The summed E-state index contributed by atoms with van der Waals surface area (Å²) in [5.74, 6) is 1.97. The number of methoxy groups -OCH3 is 2. The molecular formula is C23H27N3O4. The van der Waals surface area contributed by atoms with Crippen LogP contribution >= 0.6 is 0 Å². The average molecular weight is 409 g/mol. The van der Waals surface area contributed by atoms with Crippen LogP contribution in [-0.2, 0) is 0 Å². The Hall–Kier alpha value is -3.48. The number of hydrogen-bond donors (Lipinski definition) is 2. The molecule has 7 heteroatoms. The maximum atomic E-state index is 11.9. The lowest BCUT2D eigenvalue weighted by molar-refractivity contribution is 0.200. The first-order valence-electron chi connectivity index (χ1n) is 9.88. The number of aromatic nitrogens is 1. The minimum absolute atomic E-state index is 0.196. The highest BCUT2D eigenvalue weighted by Gasteiger charge is 2.10. The fourth-order valence-electron chi connectivity index (χ4n) is 3.12. The molecule has 0 bridgehead atoms. The average Bonchev–Trinajstić information content (AvgIpc) is 2.77. The van der Waals surface area contributed by atoms with Crippen LogP contribution in [0.25, 0.3) is 10.9 Å². The molecule has 0 saturated carbocycles. The molecule has 7 nitrogen and oxygen atoms in total. The monoisotopic (exact) mass is 409 g/mol. The summed E-state index contributed by atoms with van der Waals surface area (Å²) in [7, 11) is 3.24. The summed E-state index contributed by atoms with van der Waals surface area (Å²) in [6.45, 7) is 2.63. The van der Waals surface area contributed by atoms with E-state index in [-0.39, 0.29) is 6.04 Å². The zero-order chi connectivity index (χ0) is 21.3. The molecule has 0 aliphatic heterocycles. The number of hydrogen-bond acceptors (Lipinski definition) is 6. The lowest BCUT2D eigenvalue weighted by Crippen LogP contribution is -2.28. The lowest BCUT2D eigenvalue weighted by Gasteiger charge is -2.17. The van der Waals surface area contributed by atoms with Crippen LogP contribution in [0.15, 0.2) is 54.7 Å². The predicted octanol–water partition coefficient (Wildman–Crippen LogP) is 4.62. The summed E-state index contributed by atoms with van der Waals surface area (Å²) in [4.78, 5) is 16.4. The Morgan fingerprint density at radius 1 is 1.03 bits per heavy atom. The number of ether oxygens (including phenoxy) is 3. The van der Waals surface area contributed by atoms with Gasteiger partial charge in [-0.25, -0.2) is 4.79 Å². The van der Waals surface area contributed by atoms with Crippen LogP contribution in [0.3, 0.4) is 0 Å². The second-order valence-electron chi connectivity index (χ2n) is 6.93. The van der Waals surface area contributed by atoms with Gasteiger partial charge in [-0.15, -0.1) is 0 Å². The normalized spacial score (nSPS) is 11.6. The van der Waals surface area contributed by atoms with Crippen LogP contribution in [-0.4, -0.2) is 37.9 Å². The molecule has 1 aromatic heterocycles. The van der Waals surface area contributed by atoms with Gasteiger partial charge < -0.3 is 24.8 Å². The van der Waals surface area contributed by atoms with Crippen LogP contribution in [0.5, 0.6) is 17.2 Å². The molecule has 1 amide bonds. The first-order valence-corrected chi connectivity index (χ1v) is 9.88. The minimum atomic E-state index is -0.469. The van der Waals surface area contributed by atoms with E-state index in [1.807, 2.05) is 24.3 Å². The second kappa shape index (κ2) is 10.3. The molecule has 1 unspecified atom stereocenters. The van der Waals surface area contributed by atoms with Gasteiger partial charge in [-0.1, -0.05) is 6.07 Å². The van der Waals surface area contributed by atoms with E-state index in [1.165, 1.54) is 0 Å². The molecule has 3 rings (SSSR count). The van der Waals surface area contributed by atoms with Crippen LogP contribution in [0.2, 0.25) is 0 Å². The fourth-order valence-corrected chi connectivity index (χ4v) is 3.12. The SMILES string of the molecule is COc1ccc(OC(=O)NCCCC(C)Nc2cc(OC)cc3cccnc23)cc1. The number of benzene rings is 2. The van der Waals surface area contributed by atoms with E-state index in [2.05, 4.69) is 22.5 Å². The van der Waals surface area contributed by atoms with Crippen LogP contribution in [0, 0.1) is 0 Å². The summed E-state index contributed by atoms with van der Waals surface area (Å²) < 4.78 is 15.7. The van der Waals surface area contributed by atoms with Gasteiger partial charge in [-0.2, -0.15) is 0 Å². The van der Waals surface area contributed by atoms with Gasteiger partial charge >= 0.3 is 6.09 Å². The summed E-state index contributed by atoms with van der Waals surface area (Å²) in [5.41, 5.74) is 1.84. The summed E-state index contributed by atoms with van der Waals surface area (Å²) in [6, 6.07) is 14.9. The highest BCUT2D eigenvalue weighted by molar-refractivity contribution is 5.91. The third kappa shape index (κ3) is 5.76. The standard InChI is InChI=1S/C23H27N3O4/c1-16(26-21-15-20(29-3)14-17-7-5-12-24-22(17)21)6-4-13-25-23(27)30-19-10-8-18(28-2)9-11-19/h5,7-12,14-16,26H,4,6,13H2,1-3H3,(H,25,27). The van der Waals surface area contributed by atoms with Gasteiger partial charge in [0.15, 0.2) is 0 Å². The number of amides is 1. The van der Waals surface area contributed by atoms with Crippen LogP contribution in [0.4, 0.5) is 10.5 Å². The molecule has 30 heavy (non-hydrogen) atoms. The molecule has 0 spiro atoms. The molecule has 3 aromatic rings. The Morgan fingerprint density at radius 3 is 2.50 bits per heavy atom. The van der Waals surface area contributed by atoms with Crippen molar-refractivity contribution in [3.8, 4) is 17.2 Å². The van der Waals surface area contributed by atoms with Crippen molar-refractivity contribution in [2.75, 3.05) is 26.1 Å². The molecule has 2 N–H and O–H groups in total. The highest BCUT2D eigenvalue weighted by atomic mass is 16.6. The van der Waals surface area contributed by atoms with E-state index in [0.29, 0.717) is 18.0 Å². The zero-order valence-electron chi connectivity index (χ0n) is 17.5. The number of nitrogens with zero attached hydrogens (tertiary/aromatic N) is 1. The molecule has 158 valence electrons. The van der Waals surface area contributed by atoms with E-state index >= 15 is 0 Å². The Morgan fingerprint density at radius 2 is 1.77 bits per heavy atom. The van der Waals surface area contributed by atoms with E-state index in [4.69, 9.17) is 14.2 Å². The maximum Gasteiger partial charge on any atom is 0.412 e. The van der Waals surface area contributed by atoms with Crippen molar-refractivity contribution in [3.63, 3.8) is 0 Å². The molecule has 0 saturated heterocycles.